The Labute approximate surface area is 78.2 Å². The van der Waals surface area contributed by atoms with Crippen LogP contribution in [0.15, 0.2) is 12.1 Å². The molecule has 0 amide bonds. The van der Waals surface area contributed by atoms with E-state index >= 15 is 0 Å². The Morgan fingerprint density at radius 2 is 1.73 bits per heavy atom. The summed E-state index contributed by atoms with van der Waals surface area (Å²) in [6.07, 6.45) is 0. The predicted molar refractivity (Wildman–Crippen MR) is 50.1 cm³/mol. The van der Waals surface area contributed by atoms with Gasteiger partial charge in [-0.1, -0.05) is 0 Å². The van der Waals surface area contributed by atoms with Crippen molar-refractivity contribution < 1.29 is 0 Å². The number of hydrogen-bond acceptors (Lipinski definition) is 0. The van der Waals surface area contributed by atoms with E-state index in [2.05, 4.69) is 50.6 Å². The van der Waals surface area contributed by atoms with E-state index in [1.54, 1.807) is 0 Å². The monoisotopic (exact) mass is 140 g/mol. The normalized spacial score (nSPS) is 10.3. The van der Waals surface area contributed by atoms with E-state index in [9.17, 15) is 0 Å². The molecule has 0 aliphatic carbocycles. The predicted octanol–water partition coefficient (Wildman–Crippen LogP) is 2.28. The van der Waals surface area contributed by atoms with E-state index < -0.39 is 0 Å². The van der Waals surface area contributed by atoms with Gasteiger partial charge in [-0.3, -0.25) is 0 Å². The topological polar surface area (TPSA) is 0 Å². The van der Waals surface area contributed by atoms with Crippen LogP contribution < -0.4 is 0 Å². The molecule has 0 aliphatic rings. The Morgan fingerprint density at radius 1 is 1.09 bits per heavy atom. The van der Waals surface area contributed by atoms with Crippen LogP contribution in [0.25, 0.3) is 0 Å². The van der Waals surface area contributed by atoms with Gasteiger partial charge >= 0.3 is 78.0 Å². The zero-order chi connectivity index (χ0) is 8.43. The minimum absolute atomic E-state index is 1.15. The summed E-state index contributed by atoms with van der Waals surface area (Å²) < 4.78 is 0. The summed E-state index contributed by atoms with van der Waals surface area (Å²) in [4.78, 5) is 0. The molecule has 0 nitrogen and oxygen atoms in total. The van der Waals surface area contributed by atoms with Gasteiger partial charge in [-0.15, -0.1) is 0 Å². The van der Waals surface area contributed by atoms with Crippen LogP contribution in [0.4, 0.5) is 0 Å². The molecular weight excluding hydrogens is 127 g/mol. The molecule has 0 heterocycles. The van der Waals surface area contributed by atoms with E-state index in [1.807, 2.05) is 0 Å². The summed E-state index contributed by atoms with van der Waals surface area (Å²) in [5, 5.41) is 1.15. The third-order valence-electron chi connectivity index (χ3n) is 2.55. The molecule has 1 aromatic rings. The molecular formula is C10H13Li. The van der Waals surface area contributed by atoms with Crippen molar-refractivity contribution in [2.75, 3.05) is 0 Å². The number of aryl methyl sites for hydroxylation is 1. The first-order valence-corrected chi connectivity index (χ1v) is 4.22. The van der Waals surface area contributed by atoms with Crippen LogP contribution >= 0.6 is 0 Å². The summed E-state index contributed by atoms with van der Waals surface area (Å²) in [7, 11) is 0. The second-order valence-electron chi connectivity index (χ2n) is 3.15. The van der Waals surface area contributed by atoms with Gasteiger partial charge in [-0.25, -0.2) is 0 Å². The molecule has 0 fully saturated rings. The Bertz CT molecular complexity index is 264. The van der Waals surface area contributed by atoms with Gasteiger partial charge in [0.2, 0.25) is 0 Å². The molecule has 1 aromatic carbocycles. The average Bonchev–Trinajstić information content (AvgIpc) is 2.01. The van der Waals surface area contributed by atoms with Gasteiger partial charge in [0.05, 0.1) is 0 Å². The van der Waals surface area contributed by atoms with Crippen LogP contribution in [0.5, 0.6) is 0 Å². The van der Waals surface area contributed by atoms with Crippen LogP contribution in [-0.4, -0.2) is 17.7 Å². The first kappa shape index (κ1) is 8.91. The summed E-state index contributed by atoms with van der Waals surface area (Å²) >= 11 is 2.21. The average molecular weight is 140 g/mol. The fourth-order valence-electron chi connectivity index (χ4n) is 1.40. The summed E-state index contributed by atoms with van der Waals surface area (Å²) in [5.41, 5.74) is 5.80. The van der Waals surface area contributed by atoms with Crippen molar-refractivity contribution in [3.05, 3.63) is 34.4 Å². The van der Waals surface area contributed by atoms with Crippen molar-refractivity contribution in [2.24, 2.45) is 0 Å². The molecule has 0 bridgehead atoms. The van der Waals surface area contributed by atoms with Gasteiger partial charge in [-0.05, 0) is 0 Å². The molecule has 0 aromatic heterocycles. The van der Waals surface area contributed by atoms with E-state index in [4.69, 9.17) is 0 Å². The van der Waals surface area contributed by atoms with E-state index in [1.165, 1.54) is 22.3 Å². The SMILES string of the molecule is [Li][CH2]c1ccc(C)c(C)c1C. The fraction of sp³-hybridized carbons (Fsp3) is 0.400. The molecule has 0 atom stereocenters. The van der Waals surface area contributed by atoms with E-state index in [-0.39, 0.29) is 0 Å². The van der Waals surface area contributed by atoms with Crippen molar-refractivity contribution in [3.8, 4) is 0 Å². The van der Waals surface area contributed by atoms with Gasteiger partial charge in [0, 0.05) is 0 Å². The van der Waals surface area contributed by atoms with Crippen molar-refractivity contribution in [2.45, 2.75) is 25.9 Å². The van der Waals surface area contributed by atoms with Crippen LogP contribution in [-0.2, 0) is 5.09 Å². The molecule has 0 saturated heterocycles. The van der Waals surface area contributed by atoms with Crippen molar-refractivity contribution in [1.82, 2.24) is 0 Å². The van der Waals surface area contributed by atoms with Crippen molar-refractivity contribution in [3.63, 3.8) is 0 Å². The summed E-state index contributed by atoms with van der Waals surface area (Å²) in [5.74, 6) is 0. The summed E-state index contributed by atoms with van der Waals surface area (Å²) in [6.45, 7) is 6.58. The van der Waals surface area contributed by atoms with Crippen LogP contribution in [0.2, 0.25) is 0 Å². The first-order chi connectivity index (χ1) is 5.16. The molecule has 0 radical (unpaired) electrons. The molecule has 0 saturated carbocycles. The van der Waals surface area contributed by atoms with Crippen LogP contribution in [0.3, 0.4) is 0 Å². The minimum atomic E-state index is 1.15. The molecule has 0 unspecified atom stereocenters. The van der Waals surface area contributed by atoms with Crippen molar-refractivity contribution in [1.29, 1.82) is 0 Å². The molecule has 54 valence electrons. The molecule has 0 aliphatic heterocycles. The number of rotatable bonds is 1. The van der Waals surface area contributed by atoms with Crippen LogP contribution in [0, 0.1) is 20.8 Å². The first-order valence-electron chi connectivity index (χ1n) is 4.22. The number of benzene rings is 1. The van der Waals surface area contributed by atoms with E-state index in [0.717, 1.165) is 5.09 Å². The van der Waals surface area contributed by atoms with Crippen molar-refractivity contribution >= 4 is 17.7 Å². The third kappa shape index (κ3) is 1.69. The zero-order valence-corrected chi connectivity index (χ0v) is 7.86. The molecule has 11 heavy (non-hydrogen) atoms. The summed E-state index contributed by atoms with van der Waals surface area (Å²) in [6, 6.07) is 4.44. The molecule has 0 N–H and O–H groups in total. The van der Waals surface area contributed by atoms with Gasteiger partial charge in [0.25, 0.3) is 0 Å². The second kappa shape index (κ2) is 3.48. The maximum absolute atomic E-state index is 2.23. The van der Waals surface area contributed by atoms with E-state index in [0.29, 0.717) is 0 Å². The Balaban J connectivity index is 3.25. The Hall–Kier alpha value is -0.183. The zero-order valence-electron chi connectivity index (χ0n) is 7.86. The Kier molecular flexibility index (Phi) is 2.82. The van der Waals surface area contributed by atoms with Gasteiger partial charge < -0.3 is 0 Å². The van der Waals surface area contributed by atoms with Gasteiger partial charge in [-0.2, -0.15) is 0 Å². The second-order valence-corrected chi connectivity index (χ2v) is 3.15. The standard InChI is InChI=1S/C10H13.Li/c1-7-5-6-8(2)10(4)9(7)3;/h5-6H,1H2,2-4H3;. The molecule has 1 heteroatoms. The maximum atomic E-state index is 2.23. The Morgan fingerprint density at radius 3 is 2.27 bits per heavy atom. The van der Waals surface area contributed by atoms with Gasteiger partial charge in [0.15, 0.2) is 0 Å². The molecule has 0 spiro atoms. The third-order valence-corrected chi connectivity index (χ3v) is 2.55. The number of hydrogen-bond donors (Lipinski definition) is 0. The fourth-order valence-corrected chi connectivity index (χ4v) is 1.40. The molecule has 1 rings (SSSR count). The van der Waals surface area contributed by atoms with Crippen LogP contribution in [0.1, 0.15) is 22.3 Å². The van der Waals surface area contributed by atoms with Gasteiger partial charge in [0.1, 0.15) is 0 Å². The quantitative estimate of drug-likeness (QED) is 0.525.